The first-order valence-corrected chi connectivity index (χ1v) is 8.06. The standard InChI is InChI=1S/C19H24N2O2.2ClH/c1-13-17-12-19(23-2)18(22)11-15(17)8-10-21(13)9-7-14-3-5-16(20)6-4-14;;/h3-6,11-13,22H,7-10,20H2,1-2H3;2*1H. The Kier molecular flexibility index (Phi) is 7.87. The zero-order valence-electron chi connectivity index (χ0n) is 14.6. The van der Waals surface area contributed by atoms with Gasteiger partial charge in [-0.05, 0) is 60.7 Å². The maximum Gasteiger partial charge on any atom is 0.160 e. The van der Waals surface area contributed by atoms with Crippen molar-refractivity contribution in [2.24, 2.45) is 0 Å². The third-order valence-corrected chi connectivity index (χ3v) is 4.77. The lowest BCUT2D eigenvalue weighted by Crippen LogP contribution is -2.35. The molecule has 0 aliphatic carbocycles. The fourth-order valence-corrected chi connectivity index (χ4v) is 3.31. The van der Waals surface area contributed by atoms with Crippen LogP contribution in [0.2, 0.25) is 0 Å². The fraction of sp³-hybridized carbons (Fsp3) is 0.368. The van der Waals surface area contributed by atoms with Gasteiger partial charge in [-0.3, -0.25) is 4.90 Å². The molecule has 0 bridgehead atoms. The number of phenolic OH excluding ortho intramolecular Hbond substituents is 1. The number of methoxy groups -OCH3 is 1. The minimum Gasteiger partial charge on any atom is -0.504 e. The molecule has 0 amide bonds. The molecule has 1 unspecified atom stereocenters. The van der Waals surface area contributed by atoms with Crippen molar-refractivity contribution in [1.29, 1.82) is 0 Å². The first kappa shape index (κ1) is 21.4. The van der Waals surface area contributed by atoms with E-state index in [1.807, 2.05) is 24.3 Å². The molecular weight excluding hydrogens is 359 g/mol. The van der Waals surface area contributed by atoms with Crippen LogP contribution in [0.5, 0.6) is 11.5 Å². The number of anilines is 1. The molecule has 138 valence electrons. The number of hydrogen-bond donors (Lipinski definition) is 2. The normalized spacial score (nSPS) is 16.3. The number of ether oxygens (including phenoxy) is 1. The summed E-state index contributed by atoms with van der Waals surface area (Å²) in [6.07, 6.45) is 1.97. The summed E-state index contributed by atoms with van der Waals surface area (Å²) in [5.41, 5.74) is 10.3. The Labute approximate surface area is 161 Å². The highest BCUT2D eigenvalue weighted by atomic mass is 35.5. The van der Waals surface area contributed by atoms with E-state index in [-0.39, 0.29) is 30.6 Å². The highest BCUT2D eigenvalue weighted by molar-refractivity contribution is 5.85. The molecular formula is C19H26Cl2N2O2. The van der Waals surface area contributed by atoms with Gasteiger partial charge in [-0.15, -0.1) is 24.8 Å². The topological polar surface area (TPSA) is 58.7 Å². The van der Waals surface area contributed by atoms with E-state index in [9.17, 15) is 5.11 Å². The molecule has 1 heterocycles. The Morgan fingerprint density at radius 3 is 2.52 bits per heavy atom. The molecule has 0 radical (unpaired) electrons. The molecule has 2 aromatic rings. The molecule has 4 nitrogen and oxygen atoms in total. The lowest BCUT2D eigenvalue weighted by Gasteiger charge is -2.35. The third kappa shape index (κ3) is 4.72. The van der Waals surface area contributed by atoms with E-state index in [4.69, 9.17) is 10.5 Å². The molecule has 2 aromatic carbocycles. The van der Waals surface area contributed by atoms with E-state index in [0.29, 0.717) is 11.8 Å². The smallest absolute Gasteiger partial charge is 0.160 e. The largest absolute Gasteiger partial charge is 0.504 e. The van der Waals surface area contributed by atoms with Gasteiger partial charge in [0.2, 0.25) is 0 Å². The van der Waals surface area contributed by atoms with Crippen molar-refractivity contribution >= 4 is 30.5 Å². The van der Waals surface area contributed by atoms with Gasteiger partial charge in [0.1, 0.15) is 0 Å². The highest BCUT2D eigenvalue weighted by Gasteiger charge is 2.25. The number of hydrogen-bond acceptors (Lipinski definition) is 4. The van der Waals surface area contributed by atoms with Gasteiger partial charge in [-0.2, -0.15) is 0 Å². The van der Waals surface area contributed by atoms with Crippen molar-refractivity contribution in [2.45, 2.75) is 25.8 Å². The van der Waals surface area contributed by atoms with Gasteiger partial charge >= 0.3 is 0 Å². The van der Waals surface area contributed by atoms with Crippen LogP contribution in [-0.2, 0) is 12.8 Å². The van der Waals surface area contributed by atoms with Crippen LogP contribution in [-0.4, -0.2) is 30.2 Å². The first-order chi connectivity index (χ1) is 11.1. The molecule has 25 heavy (non-hydrogen) atoms. The van der Waals surface area contributed by atoms with E-state index in [1.165, 1.54) is 16.7 Å². The van der Waals surface area contributed by atoms with Crippen molar-refractivity contribution < 1.29 is 9.84 Å². The summed E-state index contributed by atoms with van der Waals surface area (Å²) in [6, 6.07) is 12.3. The molecule has 1 aliphatic heterocycles. The van der Waals surface area contributed by atoms with Gasteiger partial charge in [0, 0.05) is 24.8 Å². The molecule has 1 aliphatic rings. The maximum absolute atomic E-state index is 9.94. The molecule has 6 heteroatoms. The zero-order chi connectivity index (χ0) is 16.4. The van der Waals surface area contributed by atoms with Crippen molar-refractivity contribution in [3.63, 3.8) is 0 Å². The number of nitrogen functional groups attached to an aromatic ring is 1. The van der Waals surface area contributed by atoms with Crippen LogP contribution in [0, 0.1) is 0 Å². The Bertz CT molecular complexity index is 693. The van der Waals surface area contributed by atoms with Gasteiger partial charge in [-0.1, -0.05) is 12.1 Å². The van der Waals surface area contributed by atoms with E-state index < -0.39 is 0 Å². The molecule has 0 fully saturated rings. The number of benzene rings is 2. The number of aromatic hydroxyl groups is 1. The molecule has 0 spiro atoms. The lowest BCUT2D eigenvalue weighted by atomic mass is 9.92. The monoisotopic (exact) mass is 384 g/mol. The Morgan fingerprint density at radius 2 is 1.88 bits per heavy atom. The van der Waals surface area contributed by atoms with E-state index in [0.717, 1.165) is 31.6 Å². The molecule has 3 N–H and O–H groups in total. The van der Waals surface area contributed by atoms with Gasteiger partial charge in [-0.25, -0.2) is 0 Å². The van der Waals surface area contributed by atoms with E-state index >= 15 is 0 Å². The van der Waals surface area contributed by atoms with Crippen LogP contribution in [0.25, 0.3) is 0 Å². The summed E-state index contributed by atoms with van der Waals surface area (Å²) in [5, 5.41) is 9.94. The second kappa shape index (κ2) is 9.18. The van der Waals surface area contributed by atoms with E-state index in [2.05, 4.69) is 24.0 Å². The van der Waals surface area contributed by atoms with Crippen LogP contribution in [0.4, 0.5) is 5.69 Å². The van der Waals surface area contributed by atoms with E-state index in [1.54, 1.807) is 7.11 Å². The number of rotatable bonds is 4. The number of phenols is 1. The van der Waals surface area contributed by atoms with Crippen LogP contribution in [0.15, 0.2) is 36.4 Å². The fourth-order valence-electron chi connectivity index (χ4n) is 3.31. The second-order valence-corrected chi connectivity index (χ2v) is 6.18. The van der Waals surface area contributed by atoms with Gasteiger partial charge < -0.3 is 15.6 Å². The first-order valence-electron chi connectivity index (χ1n) is 8.06. The minimum atomic E-state index is 0. The predicted molar refractivity (Wildman–Crippen MR) is 107 cm³/mol. The highest BCUT2D eigenvalue weighted by Crippen LogP contribution is 2.37. The Morgan fingerprint density at radius 1 is 1.20 bits per heavy atom. The van der Waals surface area contributed by atoms with Gasteiger partial charge in [0.25, 0.3) is 0 Å². The summed E-state index contributed by atoms with van der Waals surface area (Å²) < 4.78 is 5.25. The quantitative estimate of drug-likeness (QED) is 0.782. The van der Waals surface area contributed by atoms with Gasteiger partial charge in [0.05, 0.1) is 7.11 Å². The van der Waals surface area contributed by atoms with Crippen LogP contribution < -0.4 is 10.5 Å². The molecule has 0 saturated carbocycles. The SMILES string of the molecule is COc1cc2c(cc1O)CCN(CCc1ccc(N)cc1)C2C.Cl.Cl. The number of fused-ring (bicyclic) bond motifs is 1. The van der Waals surface area contributed by atoms with Crippen LogP contribution in [0.1, 0.15) is 29.7 Å². The van der Waals surface area contributed by atoms with Gasteiger partial charge in [0.15, 0.2) is 11.5 Å². The summed E-state index contributed by atoms with van der Waals surface area (Å²) in [5.74, 6) is 0.782. The van der Waals surface area contributed by atoms with Crippen molar-refractivity contribution in [3.8, 4) is 11.5 Å². The number of nitrogens with two attached hydrogens (primary N) is 1. The minimum absolute atomic E-state index is 0. The number of nitrogens with zero attached hydrogens (tertiary/aromatic N) is 1. The lowest BCUT2D eigenvalue weighted by molar-refractivity contribution is 0.200. The van der Waals surface area contributed by atoms with Crippen LogP contribution >= 0.6 is 24.8 Å². The molecule has 0 saturated heterocycles. The second-order valence-electron chi connectivity index (χ2n) is 6.18. The predicted octanol–water partition coefficient (Wildman–Crippen LogP) is 3.99. The Hall–Kier alpha value is -1.62. The summed E-state index contributed by atoms with van der Waals surface area (Å²) in [6.45, 7) is 4.24. The summed E-state index contributed by atoms with van der Waals surface area (Å²) >= 11 is 0. The third-order valence-electron chi connectivity index (χ3n) is 4.77. The Balaban J connectivity index is 0.00000156. The average molecular weight is 385 g/mol. The van der Waals surface area contributed by atoms with Crippen molar-refractivity contribution in [2.75, 3.05) is 25.9 Å². The molecule has 1 atom stereocenters. The summed E-state index contributed by atoms with van der Waals surface area (Å²) in [4.78, 5) is 2.48. The molecule has 0 aromatic heterocycles. The summed E-state index contributed by atoms with van der Waals surface area (Å²) in [7, 11) is 1.59. The maximum atomic E-state index is 9.94. The molecule has 3 rings (SSSR count). The van der Waals surface area contributed by atoms with Crippen molar-refractivity contribution in [1.82, 2.24) is 4.90 Å². The zero-order valence-corrected chi connectivity index (χ0v) is 16.2. The van der Waals surface area contributed by atoms with Crippen LogP contribution in [0.3, 0.4) is 0 Å². The average Bonchev–Trinajstić information content (AvgIpc) is 2.55. The number of halogens is 2. The van der Waals surface area contributed by atoms with Crippen molar-refractivity contribution in [3.05, 3.63) is 53.1 Å².